The summed E-state index contributed by atoms with van der Waals surface area (Å²) in [5.41, 5.74) is 1.67. The van der Waals surface area contributed by atoms with Crippen LogP contribution in [0.15, 0.2) is 18.2 Å². The van der Waals surface area contributed by atoms with Crippen LogP contribution in [0.25, 0.3) is 11.0 Å². The summed E-state index contributed by atoms with van der Waals surface area (Å²) in [5, 5.41) is 18.8. The van der Waals surface area contributed by atoms with E-state index >= 15 is 0 Å². The molecule has 0 unspecified atom stereocenters. The van der Waals surface area contributed by atoms with Gasteiger partial charge in [-0.15, -0.1) is 0 Å². The Morgan fingerprint density at radius 3 is 2.80 bits per heavy atom. The highest BCUT2D eigenvalue weighted by atomic mass is 16.4. The summed E-state index contributed by atoms with van der Waals surface area (Å²) in [7, 11) is 0. The van der Waals surface area contributed by atoms with Crippen LogP contribution >= 0.6 is 0 Å². The number of carboxylic acid groups (broad SMARTS) is 1. The fourth-order valence-electron chi connectivity index (χ4n) is 2.92. The predicted octanol–water partition coefficient (Wildman–Crippen LogP) is 2.38. The van der Waals surface area contributed by atoms with Gasteiger partial charge in [-0.3, -0.25) is 0 Å². The Morgan fingerprint density at radius 2 is 2.20 bits per heavy atom. The minimum Gasteiger partial charge on any atom is -0.478 e. The lowest BCUT2D eigenvalue weighted by Crippen LogP contribution is -2.31. The number of aliphatic hydroxyl groups excluding tert-OH is 1. The van der Waals surface area contributed by atoms with Crippen LogP contribution in [-0.2, 0) is 6.42 Å². The number of hydrogen-bond donors (Lipinski definition) is 2. The quantitative estimate of drug-likeness (QED) is 0.897. The van der Waals surface area contributed by atoms with Gasteiger partial charge in [-0.25, -0.2) is 9.78 Å². The lowest BCUT2D eigenvalue weighted by molar-refractivity contribution is 0.0490. The van der Waals surface area contributed by atoms with Crippen LogP contribution in [0, 0.1) is 0 Å². The minimum absolute atomic E-state index is 0.237. The largest absolute Gasteiger partial charge is 0.478 e. The maximum absolute atomic E-state index is 11.3. The number of aryl methyl sites for hydroxylation is 1. The molecule has 0 radical (unpaired) electrons. The molecular formula is C15H18N2O3. The van der Waals surface area contributed by atoms with E-state index in [1.165, 1.54) is 0 Å². The first-order valence-electron chi connectivity index (χ1n) is 7.03. The van der Waals surface area contributed by atoms with Gasteiger partial charge in [0.05, 0.1) is 17.2 Å². The van der Waals surface area contributed by atoms with Gasteiger partial charge in [0.2, 0.25) is 0 Å². The molecule has 0 aliphatic heterocycles. The van der Waals surface area contributed by atoms with Crippen molar-refractivity contribution in [2.24, 2.45) is 0 Å². The van der Waals surface area contributed by atoms with Crippen LogP contribution in [0.5, 0.6) is 0 Å². The van der Waals surface area contributed by atoms with Crippen LogP contribution in [0.1, 0.15) is 48.4 Å². The van der Waals surface area contributed by atoms with E-state index in [1.54, 1.807) is 12.1 Å². The molecule has 0 saturated heterocycles. The number of aromatic nitrogens is 2. The molecule has 0 amide bonds. The highest BCUT2D eigenvalue weighted by Gasteiger charge is 2.32. The number of carboxylic acids is 1. The van der Waals surface area contributed by atoms with E-state index in [9.17, 15) is 15.0 Å². The van der Waals surface area contributed by atoms with E-state index in [4.69, 9.17) is 0 Å². The van der Waals surface area contributed by atoms with Crippen molar-refractivity contribution < 1.29 is 15.0 Å². The third kappa shape index (κ3) is 1.98. The van der Waals surface area contributed by atoms with Crippen LogP contribution in [0.3, 0.4) is 0 Å². The van der Waals surface area contributed by atoms with E-state index in [2.05, 4.69) is 16.5 Å². The van der Waals surface area contributed by atoms with Crippen LogP contribution in [0.2, 0.25) is 0 Å². The van der Waals surface area contributed by atoms with Gasteiger partial charge < -0.3 is 14.8 Å². The van der Waals surface area contributed by atoms with E-state index < -0.39 is 5.97 Å². The van der Waals surface area contributed by atoms with Crippen molar-refractivity contribution in [3.63, 3.8) is 0 Å². The first kappa shape index (κ1) is 13.1. The van der Waals surface area contributed by atoms with Crippen molar-refractivity contribution in [1.29, 1.82) is 0 Å². The molecule has 1 aliphatic carbocycles. The van der Waals surface area contributed by atoms with Gasteiger partial charge in [0.1, 0.15) is 11.3 Å². The number of carbonyl (C=O) groups is 1. The second kappa shape index (κ2) is 4.90. The Morgan fingerprint density at radius 1 is 1.45 bits per heavy atom. The third-order valence-electron chi connectivity index (χ3n) is 3.95. The molecule has 5 heteroatoms. The zero-order valence-corrected chi connectivity index (χ0v) is 11.4. The highest BCUT2D eigenvalue weighted by molar-refractivity contribution is 6.01. The average molecular weight is 274 g/mol. The summed E-state index contributed by atoms with van der Waals surface area (Å²) in [5.74, 6) is -0.0231. The number of aromatic carboxylic acids is 1. The van der Waals surface area contributed by atoms with Gasteiger partial charge >= 0.3 is 5.97 Å². The van der Waals surface area contributed by atoms with Crippen molar-refractivity contribution in [1.82, 2.24) is 9.55 Å². The lowest BCUT2D eigenvalue weighted by Gasteiger charge is -2.34. The molecule has 1 aromatic carbocycles. The normalized spacial score (nSPS) is 21.9. The Labute approximate surface area is 116 Å². The number of rotatable bonds is 4. The molecule has 1 aliphatic rings. The first-order chi connectivity index (χ1) is 9.61. The smallest absolute Gasteiger partial charge is 0.337 e. The molecule has 0 bridgehead atoms. The Balaban J connectivity index is 2.17. The summed E-state index contributed by atoms with van der Waals surface area (Å²) in [6.45, 7) is 2.08. The number of aliphatic hydroxyl groups is 1. The molecule has 1 heterocycles. The molecule has 1 fully saturated rings. The zero-order valence-electron chi connectivity index (χ0n) is 11.4. The van der Waals surface area contributed by atoms with Gasteiger partial charge in [-0.05, 0) is 31.4 Å². The SMILES string of the molecule is CCCc1nc2c(C(=O)O)cccc2n1C1CC(O)C1. The van der Waals surface area contributed by atoms with Crippen molar-refractivity contribution in [2.45, 2.75) is 44.8 Å². The molecule has 2 N–H and O–H groups in total. The number of nitrogens with zero attached hydrogens (tertiary/aromatic N) is 2. The maximum Gasteiger partial charge on any atom is 0.337 e. The topological polar surface area (TPSA) is 75.3 Å². The van der Waals surface area contributed by atoms with Crippen LogP contribution < -0.4 is 0 Å². The van der Waals surface area contributed by atoms with Gasteiger partial charge in [0.15, 0.2) is 0 Å². The summed E-state index contributed by atoms with van der Waals surface area (Å²) in [6.07, 6.45) is 2.98. The molecule has 2 aromatic rings. The van der Waals surface area contributed by atoms with Gasteiger partial charge in [-0.2, -0.15) is 0 Å². The van der Waals surface area contributed by atoms with E-state index in [1.807, 2.05) is 6.07 Å². The molecule has 0 spiro atoms. The average Bonchev–Trinajstić information content (AvgIpc) is 2.73. The van der Waals surface area contributed by atoms with Gasteiger partial charge in [-0.1, -0.05) is 13.0 Å². The summed E-state index contributed by atoms with van der Waals surface area (Å²) in [4.78, 5) is 15.9. The molecule has 3 rings (SSSR count). The lowest BCUT2D eigenvalue weighted by atomic mass is 9.89. The number of fused-ring (bicyclic) bond motifs is 1. The molecular weight excluding hydrogens is 256 g/mol. The van der Waals surface area contributed by atoms with Crippen molar-refractivity contribution in [3.05, 3.63) is 29.6 Å². The highest BCUT2D eigenvalue weighted by Crippen LogP contribution is 2.36. The molecule has 106 valence electrons. The number of hydrogen-bond acceptors (Lipinski definition) is 3. The number of para-hydroxylation sites is 1. The second-order valence-electron chi connectivity index (χ2n) is 5.41. The van der Waals surface area contributed by atoms with Crippen molar-refractivity contribution in [2.75, 3.05) is 0 Å². The maximum atomic E-state index is 11.3. The minimum atomic E-state index is -0.947. The van der Waals surface area contributed by atoms with E-state index in [0.717, 1.165) is 37.0 Å². The molecule has 5 nitrogen and oxygen atoms in total. The zero-order chi connectivity index (χ0) is 14.3. The standard InChI is InChI=1S/C15H18N2O3/c1-2-4-13-16-14-11(15(19)20)5-3-6-12(14)17(13)9-7-10(18)8-9/h3,5-6,9-10,18H,2,4,7-8H2,1H3,(H,19,20). The third-order valence-corrected chi connectivity index (χ3v) is 3.95. The van der Waals surface area contributed by atoms with Crippen LogP contribution in [-0.4, -0.2) is 31.8 Å². The van der Waals surface area contributed by atoms with Gasteiger partial charge in [0.25, 0.3) is 0 Å². The molecule has 20 heavy (non-hydrogen) atoms. The number of imidazole rings is 1. The fourth-order valence-corrected chi connectivity index (χ4v) is 2.92. The van der Waals surface area contributed by atoms with Crippen LogP contribution in [0.4, 0.5) is 0 Å². The van der Waals surface area contributed by atoms with E-state index in [-0.39, 0.29) is 17.7 Å². The predicted molar refractivity (Wildman–Crippen MR) is 75.0 cm³/mol. The Kier molecular flexibility index (Phi) is 3.22. The fraction of sp³-hybridized carbons (Fsp3) is 0.467. The molecule has 1 saturated carbocycles. The summed E-state index contributed by atoms with van der Waals surface area (Å²) in [6, 6.07) is 5.50. The molecule has 0 atom stereocenters. The Bertz CT molecular complexity index is 656. The van der Waals surface area contributed by atoms with Crippen molar-refractivity contribution in [3.8, 4) is 0 Å². The summed E-state index contributed by atoms with van der Waals surface area (Å²) >= 11 is 0. The first-order valence-corrected chi connectivity index (χ1v) is 7.03. The molecule has 1 aromatic heterocycles. The Hall–Kier alpha value is -1.88. The van der Waals surface area contributed by atoms with Crippen molar-refractivity contribution >= 4 is 17.0 Å². The van der Waals surface area contributed by atoms with Gasteiger partial charge in [0, 0.05) is 12.5 Å². The van der Waals surface area contributed by atoms with E-state index in [0.29, 0.717) is 5.52 Å². The second-order valence-corrected chi connectivity index (χ2v) is 5.41. The summed E-state index contributed by atoms with van der Waals surface area (Å²) < 4.78 is 2.12. The monoisotopic (exact) mass is 274 g/mol. The number of benzene rings is 1.